The highest BCUT2D eigenvalue weighted by atomic mass is 79.9. The van der Waals surface area contributed by atoms with E-state index in [0.717, 1.165) is 17.8 Å². The first kappa shape index (κ1) is 13.4. The van der Waals surface area contributed by atoms with Crippen LogP contribution < -0.4 is 0 Å². The molecule has 0 bridgehead atoms. The second-order valence-corrected chi connectivity index (χ2v) is 8.06. The predicted molar refractivity (Wildman–Crippen MR) is 67.1 cm³/mol. The van der Waals surface area contributed by atoms with Gasteiger partial charge in [-0.25, -0.2) is 12.7 Å². The van der Waals surface area contributed by atoms with E-state index >= 15 is 0 Å². The minimum absolute atomic E-state index is 0.273. The number of rotatable bonds is 4. The zero-order valence-electron chi connectivity index (χ0n) is 8.33. The van der Waals surface area contributed by atoms with E-state index in [1.807, 2.05) is 6.92 Å². The zero-order chi connectivity index (χ0) is 11.6. The van der Waals surface area contributed by atoms with Crippen molar-refractivity contribution in [3.8, 4) is 0 Å². The molecule has 7 heteroatoms. The minimum atomic E-state index is -3.37. The van der Waals surface area contributed by atoms with E-state index in [-0.39, 0.29) is 4.21 Å². The number of halogens is 2. The summed E-state index contributed by atoms with van der Waals surface area (Å²) in [5.41, 5.74) is 0. The molecule has 0 unspecified atom stereocenters. The molecule has 0 saturated heterocycles. The van der Waals surface area contributed by atoms with Gasteiger partial charge in [0.05, 0.1) is 8.81 Å². The normalized spacial score (nSPS) is 12.3. The van der Waals surface area contributed by atoms with Crippen molar-refractivity contribution in [1.82, 2.24) is 4.31 Å². The van der Waals surface area contributed by atoms with E-state index in [2.05, 4.69) is 15.9 Å². The molecule has 0 atom stereocenters. The number of hydrogen-bond acceptors (Lipinski definition) is 3. The monoisotopic (exact) mass is 331 g/mol. The van der Waals surface area contributed by atoms with Crippen LogP contribution in [-0.2, 0) is 10.0 Å². The molecule has 1 aromatic heterocycles. The fourth-order valence-corrected chi connectivity index (χ4v) is 4.92. The fraction of sp³-hybridized carbons (Fsp3) is 0.500. The van der Waals surface area contributed by atoms with Crippen LogP contribution in [0.5, 0.6) is 0 Å². The average molecular weight is 333 g/mol. The first-order valence-corrected chi connectivity index (χ1v) is 7.73. The maximum Gasteiger partial charge on any atom is 0.252 e. The highest BCUT2D eigenvalue weighted by Gasteiger charge is 2.23. The highest BCUT2D eigenvalue weighted by molar-refractivity contribution is 9.11. The summed E-state index contributed by atoms with van der Waals surface area (Å²) in [6.07, 6.45) is 0.788. The topological polar surface area (TPSA) is 37.4 Å². The van der Waals surface area contributed by atoms with Gasteiger partial charge in [0.2, 0.25) is 0 Å². The molecule has 0 spiro atoms. The third-order valence-electron chi connectivity index (χ3n) is 1.83. The lowest BCUT2D eigenvalue weighted by Crippen LogP contribution is -2.26. The molecule has 1 aromatic rings. The molecule has 0 aliphatic heterocycles. The van der Waals surface area contributed by atoms with E-state index in [0.29, 0.717) is 15.4 Å². The first-order chi connectivity index (χ1) is 6.89. The SMILES string of the molecule is CCCN(C)S(=O)(=O)c1cc(Cl)c(Br)s1. The molecule has 15 heavy (non-hydrogen) atoms. The lowest BCUT2D eigenvalue weighted by molar-refractivity contribution is 0.470. The molecule has 0 aliphatic carbocycles. The molecule has 3 nitrogen and oxygen atoms in total. The molecule has 0 saturated carbocycles. The lowest BCUT2D eigenvalue weighted by Gasteiger charge is -2.14. The summed E-state index contributed by atoms with van der Waals surface area (Å²) in [6.45, 7) is 2.44. The van der Waals surface area contributed by atoms with Crippen LogP contribution in [0.3, 0.4) is 0 Å². The summed E-state index contributed by atoms with van der Waals surface area (Å²) in [7, 11) is -1.80. The Kier molecular flexibility index (Phi) is 4.61. The van der Waals surface area contributed by atoms with Crippen LogP contribution in [0.1, 0.15) is 13.3 Å². The summed E-state index contributed by atoms with van der Waals surface area (Å²) in [6, 6.07) is 1.47. The third kappa shape index (κ3) is 2.94. The average Bonchev–Trinajstić information content (AvgIpc) is 2.48. The predicted octanol–water partition coefficient (Wildman–Crippen LogP) is 3.19. The van der Waals surface area contributed by atoms with E-state index in [1.165, 1.54) is 10.4 Å². The van der Waals surface area contributed by atoms with Gasteiger partial charge in [0, 0.05) is 13.6 Å². The minimum Gasteiger partial charge on any atom is -0.206 e. The Morgan fingerprint density at radius 2 is 2.20 bits per heavy atom. The van der Waals surface area contributed by atoms with Crippen molar-refractivity contribution in [2.24, 2.45) is 0 Å². The van der Waals surface area contributed by atoms with Gasteiger partial charge in [-0.05, 0) is 28.4 Å². The fourth-order valence-electron chi connectivity index (χ4n) is 1.04. The van der Waals surface area contributed by atoms with E-state index in [9.17, 15) is 8.42 Å². The summed E-state index contributed by atoms with van der Waals surface area (Å²) >= 11 is 10.1. The zero-order valence-corrected chi connectivity index (χ0v) is 12.3. The third-order valence-corrected chi connectivity index (χ3v) is 6.61. The van der Waals surface area contributed by atoms with Crippen molar-refractivity contribution in [3.05, 3.63) is 14.9 Å². The van der Waals surface area contributed by atoms with Gasteiger partial charge >= 0.3 is 0 Å². The summed E-state index contributed by atoms with van der Waals surface area (Å²) < 4.78 is 26.1. The van der Waals surface area contributed by atoms with Crippen molar-refractivity contribution in [2.45, 2.75) is 17.6 Å². The lowest BCUT2D eigenvalue weighted by atomic mass is 10.5. The molecule has 0 fully saturated rings. The molecule has 0 aromatic carbocycles. The quantitative estimate of drug-likeness (QED) is 0.849. The Hall–Kier alpha value is 0.380. The smallest absolute Gasteiger partial charge is 0.206 e. The molecule has 0 N–H and O–H groups in total. The highest BCUT2D eigenvalue weighted by Crippen LogP contribution is 2.35. The van der Waals surface area contributed by atoms with Gasteiger partial charge in [-0.15, -0.1) is 11.3 Å². The van der Waals surface area contributed by atoms with Crippen LogP contribution in [0.25, 0.3) is 0 Å². The van der Waals surface area contributed by atoms with Crippen LogP contribution >= 0.6 is 38.9 Å². The summed E-state index contributed by atoms with van der Waals surface area (Å²) in [4.78, 5) is 0. The summed E-state index contributed by atoms with van der Waals surface area (Å²) in [5.74, 6) is 0. The molecule has 0 amide bonds. The number of thiophene rings is 1. The van der Waals surface area contributed by atoms with Crippen LogP contribution in [0, 0.1) is 0 Å². The van der Waals surface area contributed by atoms with Gasteiger partial charge in [-0.1, -0.05) is 18.5 Å². The van der Waals surface area contributed by atoms with Crippen LogP contribution in [-0.4, -0.2) is 26.3 Å². The molecule has 1 rings (SSSR count). The Balaban J connectivity index is 3.06. The van der Waals surface area contributed by atoms with Gasteiger partial charge in [0.1, 0.15) is 4.21 Å². The van der Waals surface area contributed by atoms with E-state index < -0.39 is 10.0 Å². The van der Waals surface area contributed by atoms with Crippen molar-refractivity contribution < 1.29 is 8.42 Å². The maximum absolute atomic E-state index is 11.9. The number of nitrogens with zero attached hydrogens (tertiary/aromatic N) is 1. The number of hydrogen-bond donors (Lipinski definition) is 0. The molecular formula is C8H11BrClNO2S2. The largest absolute Gasteiger partial charge is 0.252 e. The Morgan fingerprint density at radius 1 is 1.60 bits per heavy atom. The molecule has 1 heterocycles. The molecule has 0 radical (unpaired) electrons. The van der Waals surface area contributed by atoms with Crippen molar-refractivity contribution in [1.29, 1.82) is 0 Å². The van der Waals surface area contributed by atoms with E-state index in [1.54, 1.807) is 7.05 Å². The van der Waals surface area contributed by atoms with Crippen molar-refractivity contribution in [3.63, 3.8) is 0 Å². The second-order valence-electron chi connectivity index (χ2n) is 3.01. The molecular weight excluding hydrogens is 322 g/mol. The van der Waals surface area contributed by atoms with Crippen LogP contribution in [0.4, 0.5) is 0 Å². The van der Waals surface area contributed by atoms with Gasteiger partial charge < -0.3 is 0 Å². The second kappa shape index (κ2) is 5.14. The summed E-state index contributed by atoms with van der Waals surface area (Å²) in [5, 5.41) is 0.434. The van der Waals surface area contributed by atoms with Crippen LogP contribution in [0.2, 0.25) is 5.02 Å². The maximum atomic E-state index is 11.9. The Labute approximate surface area is 107 Å². The molecule has 86 valence electrons. The van der Waals surface area contributed by atoms with Crippen molar-refractivity contribution in [2.75, 3.05) is 13.6 Å². The van der Waals surface area contributed by atoms with Crippen LogP contribution in [0.15, 0.2) is 14.1 Å². The van der Waals surface area contributed by atoms with Gasteiger partial charge in [0.15, 0.2) is 0 Å². The first-order valence-electron chi connectivity index (χ1n) is 4.30. The van der Waals surface area contributed by atoms with Gasteiger partial charge in [0.25, 0.3) is 10.0 Å². The molecule has 0 aliphatic rings. The van der Waals surface area contributed by atoms with Gasteiger partial charge in [-0.2, -0.15) is 0 Å². The Morgan fingerprint density at radius 3 is 2.60 bits per heavy atom. The Bertz CT molecular complexity index is 424. The number of sulfonamides is 1. The van der Waals surface area contributed by atoms with E-state index in [4.69, 9.17) is 11.6 Å². The van der Waals surface area contributed by atoms with Gasteiger partial charge in [-0.3, -0.25) is 0 Å². The van der Waals surface area contributed by atoms with Crippen molar-refractivity contribution >= 4 is 48.9 Å². The standard InChI is InChI=1S/C8H11BrClNO2S2/c1-3-4-11(2)15(12,13)7-5-6(10)8(9)14-7/h5H,3-4H2,1-2H3.